The number of nitrogens with one attached hydrogen (secondary N) is 2. The molecular formula is C17H25N3O2S. The first kappa shape index (κ1) is 17.8. The topological polar surface area (TPSA) is 84.2 Å². The average Bonchev–Trinajstić information content (AvgIpc) is 2.54. The number of rotatable bonds is 7. The summed E-state index contributed by atoms with van der Waals surface area (Å²) >= 11 is 1.35. The minimum atomic E-state index is -0.365. The van der Waals surface area contributed by atoms with Crippen molar-refractivity contribution in [1.82, 2.24) is 5.32 Å². The summed E-state index contributed by atoms with van der Waals surface area (Å²) < 4.78 is 0. The summed E-state index contributed by atoms with van der Waals surface area (Å²) in [7, 11) is 0. The van der Waals surface area contributed by atoms with E-state index in [1.165, 1.54) is 11.8 Å². The standard InChI is InChI=1S/C17H25N3O2S/c1-12(13-6-8-19-9-7-13)10-17(22)20-14-4-2-3-5-15(14)23-11-16(18)21/h2-5,12-13,19H,6-11H2,1H3,(H2,18,21)(H,20,22). The quantitative estimate of drug-likeness (QED) is 0.667. The first-order valence-electron chi connectivity index (χ1n) is 8.07. The largest absolute Gasteiger partial charge is 0.369 e. The molecule has 0 aliphatic carbocycles. The van der Waals surface area contributed by atoms with Crippen LogP contribution in [0.2, 0.25) is 0 Å². The maximum absolute atomic E-state index is 12.3. The lowest BCUT2D eigenvalue weighted by atomic mass is 9.84. The minimum Gasteiger partial charge on any atom is -0.369 e. The SMILES string of the molecule is CC(CC(=O)Nc1ccccc1SCC(N)=O)C1CCNCC1. The Morgan fingerprint density at radius 2 is 2.04 bits per heavy atom. The van der Waals surface area contributed by atoms with Gasteiger partial charge in [0.15, 0.2) is 0 Å². The molecule has 2 rings (SSSR count). The van der Waals surface area contributed by atoms with E-state index >= 15 is 0 Å². The number of carbonyl (C=O) groups is 2. The number of carbonyl (C=O) groups excluding carboxylic acids is 2. The van der Waals surface area contributed by atoms with E-state index in [-0.39, 0.29) is 17.6 Å². The van der Waals surface area contributed by atoms with Gasteiger partial charge in [0.25, 0.3) is 0 Å². The Balaban J connectivity index is 1.90. The van der Waals surface area contributed by atoms with Crippen LogP contribution in [0.3, 0.4) is 0 Å². The van der Waals surface area contributed by atoms with Gasteiger partial charge in [0.1, 0.15) is 0 Å². The zero-order valence-corrected chi connectivity index (χ0v) is 14.3. The number of benzene rings is 1. The van der Waals surface area contributed by atoms with Crippen LogP contribution in [0.1, 0.15) is 26.2 Å². The van der Waals surface area contributed by atoms with Gasteiger partial charge in [-0.05, 0) is 49.9 Å². The zero-order valence-electron chi connectivity index (χ0n) is 13.5. The van der Waals surface area contributed by atoms with Gasteiger partial charge in [-0.25, -0.2) is 0 Å². The van der Waals surface area contributed by atoms with E-state index in [1.54, 1.807) is 0 Å². The molecular weight excluding hydrogens is 310 g/mol. The van der Waals surface area contributed by atoms with E-state index < -0.39 is 0 Å². The van der Waals surface area contributed by atoms with Crippen molar-refractivity contribution >= 4 is 29.3 Å². The number of anilines is 1. The highest BCUT2D eigenvalue weighted by Crippen LogP contribution is 2.28. The lowest BCUT2D eigenvalue weighted by Crippen LogP contribution is -2.32. The maximum atomic E-state index is 12.3. The van der Waals surface area contributed by atoms with Crippen molar-refractivity contribution in [2.75, 3.05) is 24.2 Å². The number of primary amides is 1. The number of amides is 2. The number of thioether (sulfide) groups is 1. The molecule has 1 unspecified atom stereocenters. The van der Waals surface area contributed by atoms with Crippen molar-refractivity contribution in [3.63, 3.8) is 0 Å². The Morgan fingerprint density at radius 3 is 2.74 bits per heavy atom. The van der Waals surface area contributed by atoms with Crippen LogP contribution < -0.4 is 16.4 Å². The molecule has 1 aromatic rings. The normalized spacial score (nSPS) is 16.7. The molecule has 0 bridgehead atoms. The van der Waals surface area contributed by atoms with Crippen molar-refractivity contribution in [2.45, 2.75) is 31.1 Å². The Labute approximate surface area is 141 Å². The van der Waals surface area contributed by atoms with Gasteiger partial charge in [-0.15, -0.1) is 11.8 Å². The lowest BCUT2D eigenvalue weighted by molar-refractivity contribution is -0.117. The summed E-state index contributed by atoms with van der Waals surface area (Å²) in [5, 5.41) is 6.33. The molecule has 1 fully saturated rings. The molecule has 126 valence electrons. The first-order valence-corrected chi connectivity index (χ1v) is 9.05. The van der Waals surface area contributed by atoms with Crippen molar-refractivity contribution in [3.05, 3.63) is 24.3 Å². The molecule has 6 heteroatoms. The number of piperidine rings is 1. The fraction of sp³-hybridized carbons (Fsp3) is 0.529. The van der Waals surface area contributed by atoms with E-state index in [9.17, 15) is 9.59 Å². The van der Waals surface area contributed by atoms with Crippen LogP contribution in [0.5, 0.6) is 0 Å². The second kappa shape index (κ2) is 8.93. The van der Waals surface area contributed by atoms with Crippen molar-refractivity contribution < 1.29 is 9.59 Å². The third kappa shape index (κ3) is 5.88. The third-order valence-corrected chi connectivity index (χ3v) is 5.32. The van der Waals surface area contributed by atoms with E-state index in [0.717, 1.165) is 36.5 Å². The summed E-state index contributed by atoms with van der Waals surface area (Å²) in [6, 6.07) is 7.51. The number of hydrogen-bond acceptors (Lipinski definition) is 4. The van der Waals surface area contributed by atoms with Gasteiger partial charge in [-0.2, -0.15) is 0 Å². The fourth-order valence-electron chi connectivity index (χ4n) is 2.92. The zero-order chi connectivity index (χ0) is 16.7. The van der Waals surface area contributed by atoms with Gasteiger partial charge in [-0.1, -0.05) is 19.1 Å². The highest BCUT2D eigenvalue weighted by Gasteiger charge is 2.22. The van der Waals surface area contributed by atoms with Crippen LogP contribution in [0.25, 0.3) is 0 Å². The molecule has 5 nitrogen and oxygen atoms in total. The van der Waals surface area contributed by atoms with Gasteiger partial charge in [0.2, 0.25) is 11.8 Å². The summed E-state index contributed by atoms with van der Waals surface area (Å²) in [6.45, 7) is 4.25. The minimum absolute atomic E-state index is 0.0307. The van der Waals surface area contributed by atoms with Gasteiger partial charge in [0.05, 0.1) is 11.4 Å². The Bertz CT molecular complexity index is 544. The predicted octanol–water partition coefficient (Wildman–Crippen LogP) is 2.23. The van der Waals surface area contributed by atoms with Crippen molar-refractivity contribution in [3.8, 4) is 0 Å². The number of nitrogens with two attached hydrogens (primary N) is 1. The molecule has 0 saturated carbocycles. The van der Waals surface area contributed by atoms with Crippen molar-refractivity contribution in [1.29, 1.82) is 0 Å². The molecule has 1 atom stereocenters. The predicted molar refractivity (Wildman–Crippen MR) is 94.4 cm³/mol. The summed E-state index contributed by atoms with van der Waals surface area (Å²) in [5.74, 6) is 0.862. The smallest absolute Gasteiger partial charge is 0.227 e. The van der Waals surface area contributed by atoms with Crippen LogP contribution in [0, 0.1) is 11.8 Å². The van der Waals surface area contributed by atoms with E-state index in [2.05, 4.69) is 17.6 Å². The van der Waals surface area contributed by atoms with Gasteiger partial charge in [-0.3, -0.25) is 9.59 Å². The van der Waals surface area contributed by atoms with Gasteiger partial charge >= 0.3 is 0 Å². The van der Waals surface area contributed by atoms with E-state index in [0.29, 0.717) is 18.3 Å². The second-order valence-electron chi connectivity index (χ2n) is 6.07. The Hall–Kier alpha value is -1.53. The molecule has 1 aliphatic heterocycles. The maximum Gasteiger partial charge on any atom is 0.227 e. The Kier molecular flexibility index (Phi) is 6.92. The highest BCUT2D eigenvalue weighted by molar-refractivity contribution is 8.00. The van der Waals surface area contributed by atoms with Crippen LogP contribution >= 0.6 is 11.8 Å². The molecule has 2 amide bonds. The van der Waals surface area contributed by atoms with Gasteiger partial charge < -0.3 is 16.4 Å². The summed E-state index contributed by atoms with van der Waals surface area (Å²) in [5.41, 5.74) is 5.94. The molecule has 0 aromatic heterocycles. The molecule has 0 radical (unpaired) electrons. The molecule has 1 aliphatic rings. The van der Waals surface area contributed by atoms with Crippen LogP contribution in [-0.4, -0.2) is 30.7 Å². The van der Waals surface area contributed by atoms with Crippen LogP contribution in [-0.2, 0) is 9.59 Å². The van der Waals surface area contributed by atoms with Crippen LogP contribution in [0.15, 0.2) is 29.2 Å². The Morgan fingerprint density at radius 1 is 1.35 bits per heavy atom. The monoisotopic (exact) mass is 335 g/mol. The molecule has 1 heterocycles. The lowest BCUT2D eigenvalue weighted by Gasteiger charge is -2.28. The summed E-state index contributed by atoms with van der Waals surface area (Å²) in [4.78, 5) is 24.1. The molecule has 4 N–H and O–H groups in total. The highest BCUT2D eigenvalue weighted by atomic mass is 32.2. The molecule has 0 spiro atoms. The van der Waals surface area contributed by atoms with Crippen molar-refractivity contribution in [2.24, 2.45) is 17.6 Å². The molecule has 1 saturated heterocycles. The number of para-hydroxylation sites is 1. The second-order valence-corrected chi connectivity index (χ2v) is 7.09. The first-order chi connectivity index (χ1) is 11.1. The van der Waals surface area contributed by atoms with E-state index in [1.807, 2.05) is 24.3 Å². The van der Waals surface area contributed by atoms with E-state index in [4.69, 9.17) is 5.73 Å². The average molecular weight is 335 g/mol. The molecule has 1 aromatic carbocycles. The molecule has 23 heavy (non-hydrogen) atoms. The fourth-order valence-corrected chi connectivity index (χ4v) is 3.67. The number of hydrogen-bond donors (Lipinski definition) is 3. The van der Waals surface area contributed by atoms with Crippen LogP contribution in [0.4, 0.5) is 5.69 Å². The summed E-state index contributed by atoms with van der Waals surface area (Å²) in [6.07, 6.45) is 2.80. The third-order valence-electron chi connectivity index (χ3n) is 4.23. The van der Waals surface area contributed by atoms with Gasteiger partial charge in [0, 0.05) is 11.3 Å².